The highest BCUT2D eigenvalue weighted by molar-refractivity contribution is 6.34. The summed E-state index contributed by atoms with van der Waals surface area (Å²) < 4.78 is 0. The van der Waals surface area contributed by atoms with Gasteiger partial charge < -0.3 is 9.80 Å². The molecule has 0 unspecified atom stereocenters. The summed E-state index contributed by atoms with van der Waals surface area (Å²) in [6.07, 6.45) is 3.07. The van der Waals surface area contributed by atoms with Crippen molar-refractivity contribution in [3.8, 4) is 0 Å². The van der Waals surface area contributed by atoms with E-state index in [4.69, 9.17) is 11.6 Å². The van der Waals surface area contributed by atoms with Crippen LogP contribution in [0.5, 0.6) is 0 Å². The van der Waals surface area contributed by atoms with E-state index in [9.17, 15) is 14.4 Å². The molecule has 6 nitrogen and oxygen atoms in total. The predicted octanol–water partition coefficient (Wildman–Crippen LogP) is 4.53. The average Bonchev–Trinajstić information content (AvgIpc) is 3.53. The van der Waals surface area contributed by atoms with Crippen molar-refractivity contribution in [1.82, 2.24) is 4.90 Å². The van der Waals surface area contributed by atoms with Crippen molar-refractivity contribution in [2.45, 2.75) is 39.2 Å². The Bertz CT molecular complexity index is 1200. The van der Waals surface area contributed by atoms with E-state index in [1.165, 1.54) is 10.5 Å². The molecule has 6 rings (SSSR count). The first-order valence-corrected chi connectivity index (χ1v) is 13.0. The Kier molecular flexibility index (Phi) is 5.40. The Hall–Kier alpha value is -2.86. The molecule has 4 aliphatic rings. The van der Waals surface area contributed by atoms with Crippen LogP contribution >= 0.6 is 11.6 Å². The summed E-state index contributed by atoms with van der Waals surface area (Å²) in [6.45, 7) is 6.07. The van der Waals surface area contributed by atoms with Gasteiger partial charge >= 0.3 is 0 Å². The van der Waals surface area contributed by atoms with Gasteiger partial charge in [0.15, 0.2) is 0 Å². The summed E-state index contributed by atoms with van der Waals surface area (Å²) in [5.41, 5.74) is 3.18. The number of nitrogens with zero attached hydrogens (tertiary/aromatic N) is 3. The monoisotopic (exact) mass is 491 g/mol. The highest BCUT2D eigenvalue weighted by atomic mass is 35.5. The van der Waals surface area contributed by atoms with Gasteiger partial charge in [-0.15, -0.1) is 0 Å². The van der Waals surface area contributed by atoms with E-state index in [-0.39, 0.29) is 35.6 Å². The molecule has 2 heterocycles. The van der Waals surface area contributed by atoms with Crippen LogP contribution in [0.25, 0.3) is 0 Å². The number of carbonyl (C=O) groups is 3. The highest BCUT2D eigenvalue weighted by Gasteiger charge is 2.61. The van der Waals surface area contributed by atoms with Crippen molar-refractivity contribution in [1.29, 1.82) is 0 Å². The van der Waals surface area contributed by atoms with Gasteiger partial charge in [0.1, 0.15) is 0 Å². The molecule has 2 saturated heterocycles. The molecular weight excluding hydrogens is 462 g/mol. The fraction of sp³-hybridized carbons (Fsp3) is 0.464. The van der Waals surface area contributed by atoms with Gasteiger partial charge in [0, 0.05) is 31.4 Å². The minimum Gasteiger partial charge on any atom is -0.365 e. The number of imide groups is 1. The normalized spacial score (nSPS) is 29.8. The number of amides is 3. The SMILES string of the molecule is Cc1cccc(N2CCN(C(=O)c3cc(N4C(=O)[C@@H]5[C@H]6CC[C@@H](C6)[C@H]5C4=O)ccc3Cl)C[C@H]2C)c1. The van der Waals surface area contributed by atoms with Gasteiger partial charge in [-0.2, -0.15) is 0 Å². The molecule has 2 aliphatic carbocycles. The van der Waals surface area contributed by atoms with Crippen LogP contribution in [0.3, 0.4) is 0 Å². The topological polar surface area (TPSA) is 60.9 Å². The van der Waals surface area contributed by atoms with Crippen LogP contribution in [0.4, 0.5) is 11.4 Å². The fourth-order valence-electron chi connectivity index (χ4n) is 6.98. The second-order valence-corrected chi connectivity index (χ2v) is 11.1. The van der Waals surface area contributed by atoms with Gasteiger partial charge in [0.25, 0.3) is 5.91 Å². The van der Waals surface area contributed by atoms with Gasteiger partial charge in [-0.3, -0.25) is 19.3 Å². The zero-order valence-electron chi connectivity index (χ0n) is 20.1. The van der Waals surface area contributed by atoms with Crippen LogP contribution in [0, 0.1) is 30.6 Å². The molecule has 5 atom stereocenters. The number of halogens is 1. The number of benzene rings is 2. The number of hydrogen-bond donors (Lipinski definition) is 0. The molecule has 35 heavy (non-hydrogen) atoms. The number of hydrogen-bond acceptors (Lipinski definition) is 4. The molecule has 4 fully saturated rings. The van der Waals surface area contributed by atoms with E-state index >= 15 is 0 Å². The standard InChI is InChI=1S/C28H30ClN3O3/c1-16-4-3-5-20(12-16)31-11-10-30(15-17(31)2)26(33)22-14-21(8-9-23(22)29)32-27(34)24-18-6-7-19(13-18)25(24)28(32)35/h3-5,8-9,12,14,17-19,24-25H,6-7,10-11,13,15H2,1-2H3/t17-,18+,19+,24-,25-/m1/s1. The second-order valence-electron chi connectivity index (χ2n) is 10.7. The molecule has 0 spiro atoms. The molecule has 2 aromatic carbocycles. The third-order valence-corrected chi connectivity index (χ3v) is 8.94. The van der Waals surface area contributed by atoms with Crippen LogP contribution in [0.1, 0.15) is 42.1 Å². The van der Waals surface area contributed by atoms with Crippen LogP contribution in [0.15, 0.2) is 42.5 Å². The van der Waals surface area contributed by atoms with Gasteiger partial charge in [-0.05, 0) is 80.8 Å². The van der Waals surface area contributed by atoms with Crippen molar-refractivity contribution in [2.24, 2.45) is 23.7 Å². The lowest BCUT2D eigenvalue weighted by atomic mass is 9.81. The third-order valence-electron chi connectivity index (χ3n) is 8.61. The molecule has 0 N–H and O–H groups in total. The smallest absolute Gasteiger partial charge is 0.255 e. The molecular formula is C28H30ClN3O3. The number of fused-ring (bicyclic) bond motifs is 5. The molecule has 2 aromatic rings. The minimum absolute atomic E-state index is 0.103. The number of anilines is 2. The van der Waals surface area contributed by atoms with Gasteiger partial charge in [0.2, 0.25) is 11.8 Å². The van der Waals surface area contributed by atoms with Gasteiger partial charge in [0.05, 0.1) is 28.1 Å². The maximum absolute atomic E-state index is 13.5. The summed E-state index contributed by atoms with van der Waals surface area (Å²) in [4.78, 5) is 45.5. The largest absolute Gasteiger partial charge is 0.365 e. The zero-order chi connectivity index (χ0) is 24.4. The van der Waals surface area contributed by atoms with E-state index in [2.05, 4.69) is 43.0 Å². The summed E-state index contributed by atoms with van der Waals surface area (Å²) in [7, 11) is 0. The van der Waals surface area contributed by atoms with Crippen LogP contribution < -0.4 is 9.80 Å². The number of rotatable bonds is 3. The number of aryl methyl sites for hydroxylation is 1. The molecule has 0 radical (unpaired) electrons. The molecule has 2 bridgehead atoms. The molecule has 0 aromatic heterocycles. The first kappa shape index (κ1) is 22.6. The van der Waals surface area contributed by atoms with E-state index in [1.54, 1.807) is 18.2 Å². The molecule has 2 aliphatic heterocycles. The molecule has 2 saturated carbocycles. The number of piperazine rings is 1. The lowest BCUT2D eigenvalue weighted by Crippen LogP contribution is -2.53. The summed E-state index contributed by atoms with van der Waals surface area (Å²) in [5, 5.41) is 0.340. The highest BCUT2D eigenvalue weighted by Crippen LogP contribution is 2.56. The molecule has 182 valence electrons. The average molecular weight is 492 g/mol. The Morgan fingerprint density at radius 2 is 1.66 bits per heavy atom. The summed E-state index contributed by atoms with van der Waals surface area (Å²) in [6, 6.07) is 13.5. The Morgan fingerprint density at radius 1 is 0.943 bits per heavy atom. The van der Waals surface area contributed by atoms with E-state index in [0.717, 1.165) is 31.5 Å². The maximum atomic E-state index is 13.5. The lowest BCUT2D eigenvalue weighted by molar-refractivity contribution is -0.123. The maximum Gasteiger partial charge on any atom is 0.255 e. The van der Waals surface area contributed by atoms with Crippen molar-refractivity contribution in [3.63, 3.8) is 0 Å². The Morgan fingerprint density at radius 3 is 2.31 bits per heavy atom. The second kappa shape index (κ2) is 8.37. The Labute approximate surface area is 210 Å². The van der Waals surface area contributed by atoms with Crippen LogP contribution in [0.2, 0.25) is 5.02 Å². The first-order chi connectivity index (χ1) is 16.8. The van der Waals surface area contributed by atoms with E-state index in [1.807, 2.05) is 4.90 Å². The lowest BCUT2D eigenvalue weighted by Gasteiger charge is -2.41. The van der Waals surface area contributed by atoms with Crippen molar-refractivity contribution in [2.75, 3.05) is 29.4 Å². The van der Waals surface area contributed by atoms with Crippen LogP contribution in [-0.4, -0.2) is 48.3 Å². The van der Waals surface area contributed by atoms with E-state index in [0.29, 0.717) is 41.2 Å². The zero-order valence-corrected chi connectivity index (χ0v) is 20.9. The van der Waals surface area contributed by atoms with E-state index < -0.39 is 0 Å². The fourth-order valence-corrected chi connectivity index (χ4v) is 7.18. The van der Waals surface area contributed by atoms with Gasteiger partial charge in [-0.25, -0.2) is 0 Å². The third kappa shape index (κ3) is 3.56. The quantitative estimate of drug-likeness (QED) is 0.592. The predicted molar refractivity (Wildman–Crippen MR) is 136 cm³/mol. The van der Waals surface area contributed by atoms with Crippen molar-refractivity contribution in [3.05, 3.63) is 58.6 Å². The number of carbonyl (C=O) groups excluding carboxylic acids is 3. The Balaban J connectivity index is 1.22. The van der Waals surface area contributed by atoms with Crippen LogP contribution in [-0.2, 0) is 9.59 Å². The summed E-state index contributed by atoms with van der Waals surface area (Å²) >= 11 is 6.47. The molecule has 7 heteroatoms. The molecule has 3 amide bonds. The van der Waals surface area contributed by atoms with Gasteiger partial charge in [-0.1, -0.05) is 23.7 Å². The summed E-state index contributed by atoms with van der Waals surface area (Å²) in [5.74, 6) is -0.0936. The van der Waals surface area contributed by atoms with Crippen molar-refractivity contribution < 1.29 is 14.4 Å². The first-order valence-electron chi connectivity index (χ1n) is 12.6. The van der Waals surface area contributed by atoms with Crippen molar-refractivity contribution >= 4 is 40.7 Å². The minimum atomic E-state index is -0.188.